The lowest BCUT2D eigenvalue weighted by Gasteiger charge is -2.12. The van der Waals surface area contributed by atoms with E-state index in [1.54, 1.807) is 52.8 Å². The molecule has 0 unspecified atom stereocenters. The standard InChI is InChI=1S/C20H21N3O3.C13H14FN3O2/c1-24-17-9-8-16(18(12-17)25-2)13-22-19-10-11-21-20(23-19)26-14-15-6-4-3-5-7-15;1-18-10-4-3-9(11(7-10)19-2)8-16-12-5-6-15-13(14)17-12/h3-12H,13-14H2,1-2H3,(H,21,22,23);3-7H,8H2,1-2H3,(H,15,16,17). The monoisotopic (exact) mass is 614 g/mol. The maximum atomic E-state index is 12.8. The summed E-state index contributed by atoms with van der Waals surface area (Å²) in [5, 5.41) is 6.26. The van der Waals surface area contributed by atoms with Gasteiger partial charge in [-0.05, 0) is 42.0 Å². The maximum absolute atomic E-state index is 12.8. The molecule has 0 fully saturated rings. The molecule has 5 rings (SSSR count). The molecule has 0 aliphatic carbocycles. The van der Waals surface area contributed by atoms with Crippen LogP contribution in [0.25, 0.3) is 0 Å². The van der Waals surface area contributed by atoms with Crippen molar-refractivity contribution in [1.82, 2.24) is 19.9 Å². The van der Waals surface area contributed by atoms with Crippen LogP contribution in [0.1, 0.15) is 16.7 Å². The van der Waals surface area contributed by atoms with Crippen molar-refractivity contribution in [3.05, 3.63) is 114 Å². The van der Waals surface area contributed by atoms with Gasteiger partial charge in [-0.1, -0.05) is 30.3 Å². The molecule has 0 bridgehead atoms. The number of anilines is 2. The van der Waals surface area contributed by atoms with Gasteiger partial charge < -0.3 is 34.3 Å². The molecule has 2 heterocycles. The fraction of sp³-hybridized carbons (Fsp3) is 0.212. The molecule has 0 amide bonds. The van der Waals surface area contributed by atoms with E-state index in [2.05, 4.69) is 30.6 Å². The van der Waals surface area contributed by atoms with Gasteiger partial charge in [0.15, 0.2) is 0 Å². The number of benzene rings is 3. The molecule has 5 aromatic rings. The van der Waals surface area contributed by atoms with Crippen molar-refractivity contribution in [3.8, 4) is 29.0 Å². The van der Waals surface area contributed by atoms with Crippen molar-refractivity contribution in [3.63, 3.8) is 0 Å². The Bertz CT molecular complexity index is 1640. The zero-order valence-corrected chi connectivity index (χ0v) is 25.5. The largest absolute Gasteiger partial charge is 0.497 e. The van der Waals surface area contributed by atoms with Gasteiger partial charge in [0.2, 0.25) is 0 Å². The molecule has 2 aromatic heterocycles. The number of methoxy groups -OCH3 is 4. The Kier molecular flexibility index (Phi) is 12.1. The number of aromatic nitrogens is 4. The van der Waals surface area contributed by atoms with E-state index in [4.69, 9.17) is 23.7 Å². The van der Waals surface area contributed by atoms with Crippen LogP contribution in [0.3, 0.4) is 0 Å². The van der Waals surface area contributed by atoms with E-state index in [1.807, 2.05) is 60.7 Å². The van der Waals surface area contributed by atoms with E-state index in [1.165, 1.54) is 6.20 Å². The van der Waals surface area contributed by atoms with Crippen LogP contribution in [0.15, 0.2) is 91.3 Å². The van der Waals surface area contributed by atoms with Crippen LogP contribution in [0.5, 0.6) is 29.0 Å². The van der Waals surface area contributed by atoms with Crippen LogP contribution >= 0.6 is 0 Å². The topological polar surface area (TPSA) is 122 Å². The van der Waals surface area contributed by atoms with Gasteiger partial charge in [0.25, 0.3) is 0 Å². The molecule has 0 aliphatic heterocycles. The van der Waals surface area contributed by atoms with Crippen molar-refractivity contribution in [1.29, 1.82) is 0 Å². The first-order valence-corrected chi connectivity index (χ1v) is 13.9. The molecular formula is C33H35FN6O5. The summed E-state index contributed by atoms with van der Waals surface area (Å²) in [5.74, 6) is 4.03. The van der Waals surface area contributed by atoms with Crippen molar-refractivity contribution in [2.24, 2.45) is 0 Å². The third kappa shape index (κ3) is 9.95. The first kappa shape index (κ1) is 32.3. The molecule has 12 heteroatoms. The molecule has 3 aromatic carbocycles. The van der Waals surface area contributed by atoms with Crippen LogP contribution in [0.2, 0.25) is 0 Å². The van der Waals surface area contributed by atoms with Crippen LogP contribution in [-0.2, 0) is 19.7 Å². The summed E-state index contributed by atoms with van der Waals surface area (Å²) in [6.07, 6.45) is 2.27. The number of rotatable bonds is 13. The summed E-state index contributed by atoms with van der Waals surface area (Å²) in [5.41, 5.74) is 2.98. The maximum Gasteiger partial charge on any atom is 0.318 e. The van der Waals surface area contributed by atoms with E-state index in [0.717, 1.165) is 28.2 Å². The second-order valence-electron chi connectivity index (χ2n) is 9.27. The number of nitrogens with one attached hydrogen (secondary N) is 2. The highest BCUT2D eigenvalue weighted by molar-refractivity contribution is 5.45. The molecule has 0 aliphatic rings. The average Bonchev–Trinajstić information content (AvgIpc) is 3.09. The SMILES string of the molecule is COc1ccc(CNc2ccnc(F)n2)c(OC)c1.COc1ccc(CNc2ccnc(OCc3ccccc3)n2)c(OC)c1. The van der Waals surface area contributed by atoms with E-state index >= 15 is 0 Å². The predicted octanol–water partition coefficient (Wildman–Crippen LogP) is 5.93. The molecule has 0 saturated heterocycles. The van der Waals surface area contributed by atoms with E-state index in [9.17, 15) is 4.39 Å². The minimum Gasteiger partial charge on any atom is -0.497 e. The van der Waals surface area contributed by atoms with Crippen molar-refractivity contribution in [2.75, 3.05) is 39.1 Å². The Morgan fingerprint density at radius 1 is 0.622 bits per heavy atom. The fourth-order valence-corrected chi connectivity index (χ4v) is 4.03. The Hall–Kier alpha value is -5.65. The third-order valence-corrected chi connectivity index (χ3v) is 6.38. The summed E-state index contributed by atoms with van der Waals surface area (Å²) in [4.78, 5) is 15.5. The summed E-state index contributed by atoms with van der Waals surface area (Å²) in [7, 11) is 6.45. The highest BCUT2D eigenvalue weighted by atomic mass is 19.1. The highest BCUT2D eigenvalue weighted by Crippen LogP contribution is 2.26. The fourth-order valence-electron chi connectivity index (χ4n) is 4.03. The van der Waals surface area contributed by atoms with E-state index in [-0.39, 0.29) is 0 Å². The second-order valence-corrected chi connectivity index (χ2v) is 9.27. The quantitative estimate of drug-likeness (QED) is 0.154. The van der Waals surface area contributed by atoms with Crippen LogP contribution in [0.4, 0.5) is 16.0 Å². The molecule has 2 N–H and O–H groups in total. The number of nitrogens with zero attached hydrogens (tertiary/aromatic N) is 4. The van der Waals surface area contributed by atoms with Crippen LogP contribution in [0, 0.1) is 6.08 Å². The number of hydrogen-bond donors (Lipinski definition) is 2. The van der Waals surface area contributed by atoms with Gasteiger partial charge in [-0.25, -0.2) is 9.97 Å². The summed E-state index contributed by atoms with van der Waals surface area (Å²) in [6, 6.07) is 24.8. The smallest absolute Gasteiger partial charge is 0.318 e. The number of ether oxygens (including phenoxy) is 5. The van der Waals surface area contributed by atoms with Crippen molar-refractivity contribution >= 4 is 11.6 Å². The van der Waals surface area contributed by atoms with Crippen LogP contribution in [-0.4, -0.2) is 48.4 Å². The van der Waals surface area contributed by atoms with Gasteiger partial charge in [-0.15, -0.1) is 0 Å². The van der Waals surface area contributed by atoms with Gasteiger partial charge in [-0.3, -0.25) is 0 Å². The summed E-state index contributed by atoms with van der Waals surface area (Å²) in [6.45, 7) is 1.45. The van der Waals surface area contributed by atoms with Gasteiger partial charge in [0.1, 0.15) is 41.2 Å². The molecule has 0 atom stereocenters. The lowest BCUT2D eigenvalue weighted by molar-refractivity contribution is 0.281. The zero-order valence-electron chi connectivity index (χ0n) is 25.5. The van der Waals surface area contributed by atoms with Gasteiger partial charge in [-0.2, -0.15) is 14.4 Å². The molecule has 11 nitrogen and oxygen atoms in total. The van der Waals surface area contributed by atoms with E-state index < -0.39 is 6.08 Å². The zero-order chi connectivity index (χ0) is 31.9. The minimum absolute atomic E-state index is 0.334. The van der Waals surface area contributed by atoms with E-state index in [0.29, 0.717) is 48.8 Å². The summed E-state index contributed by atoms with van der Waals surface area (Å²) >= 11 is 0. The van der Waals surface area contributed by atoms with Crippen molar-refractivity contribution in [2.45, 2.75) is 19.7 Å². The normalized spacial score (nSPS) is 10.2. The summed E-state index contributed by atoms with van der Waals surface area (Å²) < 4.78 is 39.5. The molecule has 234 valence electrons. The second kappa shape index (κ2) is 16.8. The van der Waals surface area contributed by atoms with Crippen LogP contribution < -0.4 is 34.3 Å². The predicted molar refractivity (Wildman–Crippen MR) is 169 cm³/mol. The first-order valence-electron chi connectivity index (χ1n) is 13.9. The molecular weight excluding hydrogens is 579 g/mol. The highest BCUT2D eigenvalue weighted by Gasteiger charge is 2.08. The first-order chi connectivity index (χ1) is 22.0. The Morgan fingerprint density at radius 2 is 1.18 bits per heavy atom. The molecule has 0 saturated carbocycles. The lowest BCUT2D eigenvalue weighted by atomic mass is 10.2. The Morgan fingerprint density at radius 3 is 1.71 bits per heavy atom. The average molecular weight is 615 g/mol. The molecule has 45 heavy (non-hydrogen) atoms. The molecule has 0 spiro atoms. The third-order valence-electron chi connectivity index (χ3n) is 6.38. The van der Waals surface area contributed by atoms with Gasteiger partial charge in [0, 0.05) is 48.7 Å². The van der Waals surface area contributed by atoms with Crippen molar-refractivity contribution < 1.29 is 28.1 Å². The number of halogens is 1. The van der Waals surface area contributed by atoms with Gasteiger partial charge in [0.05, 0.1) is 28.4 Å². The number of hydrogen-bond acceptors (Lipinski definition) is 11. The Balaban J connectivity index is 0.000000215. The Labute approximate surface area is 261 Å². The minimum atomic E-state index is -0.758. The van der Waals surface area contributed by atoms with Gasteiger partial charge >= 0.3 is 12.1 Å². The molecule has 0 radical (unpaired) electrons. The lowest BCUT2D eigenvalue weighted by Crippen LogP contribution is -2.05.